The summed E-state index contributed by atoms with van der Waals surface area (Å²) in [6.45, 7) is 12.1. The van der Waals surface area contributed by atoms with Crippen LogP contribution in [0.3, 0.4) is 0 Å². The van der Waals surface area contributed by atoms with E-state index in [0.717, 1.165) is 29.4 Å². The number of fused-ring (bicyclic) bond motifs is 3. The number of carbonyl (C=O) groups is 3. The van der Waals surface area contributed by atoms with Crippen LogP contribution in [0.25, 0.3) is 10.9 Å². The maximum Gasteiger partial charge on any atom is 0.435 e. The van der Waals surface area contributed by atoms with Crippen molar-refractivity contribution in [3.63, 3.8) is 0 Å². The molecule has 3 aliphatic rings. The van der Waals surface area contributed by atoms with Crippen molar-refractivity contribution in [2.45, 2.75) is 76.6 Å². The Bertz CT molecular complexity index is 2030. The summed E-state index contributed by atoms with van der Waals surface area (Å²) < 4.78 is 23.5. The maximum absolute atomic E-state index is 14.3. The Labute approximate surface area is 289 Å². The van der Waals surface area contributed by atoms with Crippen LogP contribution < -0.4 is 19.9 Å². The number of amides is 2. The van der Waals surface area contributed by atoms with Gasteiger partial charge in [-0.3, -0.25) is 4.79 Å². The van der Waals surface area contributed by atoms with E-state index in [-0.39, 0.29) is 17.9 Å². The number of anilines is 4. The zero-order valence-electron chi connectivity index (χ0n) is 29.4. The average Bonchev–Trinajstić information content (AvgIpc) is 3.61. The standard InChI is InChI=1S/C36H41N7O7/c1-34(2,3)49-32(45)42-26-12-10-21(47-7)14-24(26)36(31(42)44)16-25(36)20-9-11-23-27(13-20)43(33(46)50-35(4,5)6)40-30(23)39-28-15-29(38-19-37-28)41-17-22(18-41)48-8/h9-15,19,22,25H,16-18H2,1-8H3,(H,37,38,39,40)/t25-,36-/m0/s1. The van der Waals surface area contributed by atoms with Crippen LogP contribution in [-0.2, 0) is 24.4 Å². The lowest BCUT2D eigenvalue weighted by Crippen LogP contribution is -2.52. The minimum atomic E-state index is -1.01. The summed E-state index contributed by atoms with van der Waals surface area (Å²) in [6, 6.07) is 12.7. The molecule has 1 spiro atoms. The third-order valence-electron chi connectivity index (χ3n) is 9.13. The number of imide groups is 1. The molecule has 2 aliphatic heterocycles. The molecule has 0 bridgehead atoms. The second-order valence-electron chi connectivity index (χ2n) is 14.9. The highest BCUT2D eigenvalue weighted by Gasteiger charge is 2.68. The average molecular weight is 684 g/mol. The van der Waals surface area contributed by atoms with Crippen LogP contribution in [0.15, 0.2) is 48.8 Å². The summed E-state index contributed by atoms with van der Waals surface area (Å²) in [7, 11) is 3.25. The van der Waals surface area contributed by atoms with Gasteiger partial charge in [-0.2, -0.15) is 4.68 Å². The molecule has 1 N–H and O–H groups in total. The van der Waals surface area contributed by atoms with Gasteiger partial charge in [-0.25, -0.2) is 24.5 Å². The number of rotatable bonds is 6. The van der Waals surface area contributed by atoms with Gasteiger partial charge in [0.05, 0.1) is 29.8 Å². The largest absolute Gasteiger partial charge is 0.497 e. The lowest BCUT2D eigenvalue weighted by molar-refractivity contribution is -0.120. The Hall–Kier alpha value is -5.24. The Morgan fingerprint density at radius 3 is 2.32 bits per heavy atom. The monoisotopic (exact) mass is 683 g/mol. The molecule has 2 amide bonds. The number of benzene rings is 2. The predicted molar refractivity (Wildman–Crippen MR) is 185 cm³/mol. The Kier molecular flexibility index (Phi) is 7.77. The number of aromatic nitrogens is 4. The molecule has 1 aliphatic carbocycles. The Morgan fingerprint density at radius 1 is 0.920 bits per heavy atom. The molecule has 0 unspecified atom stereocenters. The highest BCUT2D eigenvalue weighted by atomic mass is 16.6. The van der Waals surface area contributed by atoms with Gasteiger partial charge >= 0.3 is 12.2 Å². The van der Waals surface area contributed by atoms with Gasteiger partial charge in [0.25, 0.3) is 0 Å². The third-order valence-corrected chi connectivity index (χ3v) is 9.13. The van der Waals surface area contributed by atoms with Gasteiger partial charge in [-0.05, 0) is 89.4 Å². The maximum atomic E-state index is 14.3. The summed E-state index contributed by atoms with van der Waals surface area (Å²) in [6.07, 6.45) is 0.695. The lowest BCUT2D eigenvalue weighted by Gasteiger charge is -2.38. The van der Waals surface area contributed by atoms with Crippen molar-refractivity contribution >= 4 is 52.1 Å². The van der Waals surface area contributed by atoms with E-state index in [2.05, 4.69) is 25.3 Å². The molecule has 7 rings (SSSR count). The van der Waals surface area contributed by atoms with Gasteiger partial charge in [0.1, 0.15) is 34.9 Å². The molecule has 2 aromatic heterocycles. The van der Waals surface area contributed by atoms with Gasteiger partial charge in [0, 0.05) is 37.6 Å². The molecular formula is C36H41N7O7. The highest BCUT2D eigenvalue weighted by molar-refractivity contribution is 6.23. The molecule has 14 nitrogen and oxygen atoms in total. The lowest BCUT2D eigenvalue weighted by atomic mass is 9.91. The first-order valence-electron chi connectivity index (χ1n) is 16.5. The Morgan fingerprint density at radius 2 is 1.64 bits per heavy atom. The SMILES string of the molecule is COc1ccc2c(c1)[C@]1(C[C@H]1c1ccc3c(Nc4cc(N5CC(OC)C5)ncn4)nn(C(=O)OC(C)(C)C)c3c1)C(=O)N2C(=O)OC(C)(C)C. The van der Waals surface area contributed by atoms with Crippen molar-refractivity contribution in [1.29, 1.82) is 0 Å². The fourth-order valence-corrected chi connectivity index (χ4v) is 6.68. The van der Waals surface area contributed by atoms with Crippen LogP contribution in [0.4, 0.5) is 32.7 Å². The number of nitrogens with one attached hydrogen (secondary N) is 1. The number of hydrogen-bond donors (Lipinski definition) is 1. The number of ether oxygens (including phenoxy) is 4. The highest BCUT2D eigenvalue weighted by Crippen LogP contribution is 2.67. The first-order chi connectivity index (χ1) is 23.6. The number of methoxy groups -OCH3 is 2. The molecule has 0 radical (unpaired) electrons. The first kappa shape index (κ1) is 33.3. The quantitative estimate of drug-likeness (QED) is 0.258. The van der Waals surface area contributed by atoms with E-state index in [1.54, 1.807) is 67.9 Å². The molecule has 2 aromatic carbocycles. The minimum absolute atomic E-state index is 0.157. The minimum Gasteiger partial charge on any atom is -0.497 e. The van der Waals surface area contributed by atoms with E-state index in [1.807, 2.05) is 30.3 Å². The van der Waals surface area contributed by atoms with Gasteiger partial charge in [-0.15, -0.1) is 5.10 Å². The number of hydrogen-bond acceptors (Lipinski definition) is 12. The third kappa shape index (κ3) is 5.76. The van der Waals surface area contributed by atoms with Crippen molar-refractivity contribution in [1.82, 2.24) is 19.7 Å². The normalized spacial score (nSPS) is 20.2. The molecule has 4 heterocycles. The van der Waals surface area contributed by atoms with E-state index in [9.17, 15) is 14.4 Å². The molecule has 14 heteroatoms. The summed E-state index contributed by atoms with van der Waals surface area (Å²) in [5, 5.41) is 8.55. The summed E-state index contributed by atoms with van der Waals surface area (Å²) >= 11 is 0. The number of nitrogens with zero attached hydrogens (tertiary/aromatic N) is 6. The van der Waals surface area contributed by atoms with Crippen LogP contribution in [0.5, 0.6) is 5.75 Å². The van der Waals surface area contributed by atoms with Crippen molar-refractivity contribution in [3.8, 4) is 5.75 Å². The van der Waals surface area contributed by atoms with Gasteiger partial charge < -0.3 is 29.2 Å². The fraction of sp³-hybridized carbons (Fsp3) is 0.444. The van der Waals surface area contributed by atoms with E-state index in [0.29, 0.717) is 46.0 Å². The van der Waals surface area contributed by atoms with E-state index < -0.39 is 28.8 Å². The Balaban J connectivity index is 1.26. The van der Waals surface area contributed by atoms with Crippen LogP contribution >= 0.6 is 0 Å². The van der Waals surface area contributed by atoms with Gasteiger partial charge in [-0.1, -0.05) is 6.07 Å². The second-order valence-corrected chi connectivity index (χ2v) is 14.9. The van der Waals surface area contributed by atoms with Crippen molar-refractivity contribution in [2.75, 3.05) is 42.4 Å². The molecule has 1 saturated carbocycles. The van der Waals surface area contributed by atoms with Crippen molar-refractivity contribution in [2.24, 2.45) is 0 Å². The van der Waals surface area contributed by atoms with E-state index in [4.69, 9.17) is 18.9 Å². The molecular weight excluding hydrogens is 642 g/mol. The molecule has 50 heavy (non-hydrogen) atoms. The molecule has 4 aromatic rings. The fourth-order valence-electron chi connectivity index (χ4n) is 6.68. The van der Waals surface area contributed by atoms with Crippen molar-refractivity contribution in [3.05, 3.63) is 59.9 Å². The van der Waals surface area contributed by atoms with Crippen LogP contribution in [0.1, 0.15) is 65.0 Å². The second kappa shape index (κ2) is 11.7. The zero-order valence-corrected chi connectivity index (χ0v) is 29.4. The summed E-state index contributed by atoms with van der Waals surface area (Å²) in [5.41, 5.74) is -0.127. The van der Waals surface area contributed by atoms with Crippen LogP contribution in [-0.4, -0.2) is 82.5 Å². The molecule has 262 valence electrons. The molecule has 1 saturated heterocycles. The molecule has 2 atom stereocenters. The predicted octanol–water partition coefficient (Wildman–Crippen LogP) is 5.90. The number of carbonyl (C=O) groups excluding carboxylic acids is 3. The first-order valence-corrected chi connectivity index (χ1v) is 16.5. The van der Waals surface area contributed by atoms with E-state index >= 15 is 0 Å². The van der Waals surface area contributed by atoms with Crippen LogP contribution in [0.2, 0.25) is 0 Å². The summed E-state index contributed by atoms with van der Waals surface area (Å²) in [5.74, 6) is 1.55. The van der Waals surface area contributed by atoms with Gasteiger partial charge in [0.2, 0.25) is 5.91 Å². The summed E-state index contributed by atoms with van der Waals surface area (Å²) in [4.78, 5) is 53.2. The van der Waals surface area contributed by atoms with Gasteiger partial charge in [0.15, 0.2) is 5.82 Å². The smallest absolute Gasteiger partial charge is 0.435 e. The topological polar surface area (TPSA) is 150 Å². The van der Waals surface area contributed by atoms with E-state index in [1.165, 1.54) is 11.0 Å². The molecule has 2 fully saturated rings. The van der Waals surface area contributed by atoms with Crippen molar-refractivity contribution < 1.29 is 33.3 Å². The zero-order chi connectivity index (χ0) is 35.7. The van der Waals surface area contributed by atoms with Crippen LogP contribution in [0, 0.1) is 0 Å².